The third-order valence-corrected chi connectivity index (χ3v) is 3.07. The molecule has 0 fully saturated rings. The van der Waals surface area contributed by atoms with Crippen LogP contribution in [0.2, 0.25) is 5.02 Å². The molecule has 0 radical (unpaired) electrons. The largest absolute Gasteiger partial charge is 0.389 e. The van der Waals surface area contributed by atoms with Gasteiger partial charge in [-0.2, -0.15) is 0 Å². The Bertz CT molecular complexity index is 498. The molecule has 1 aromatic heterocycles. The van der Waals surface area contributed by atoms with Crippen molar-refractivity contribution < 1.29 is 10.2 Å². The van der Waals surface area contributed by atoms with Crippen molar-refractivity contribution in [2.45, 2.75) is 12.2 Å². The summed E-state index contributed by atoms with van der Waals surface area (Å²) in [6, 6.07) is 5.30. The maximum atomic E-state index is 9.86. The molecule has 1 heterocycles. The van der Waals surface area contributed by atoms with Crippen LogP contribution < -0.4 is 0 Å². The summed E-state index contributed by atoms with van der Waals surface area (Å²) in [6.45, 7) is 0. The van der Waals surface area contributed by atoms with Gasteiger partial charge in [0.15, 0.2) is 0 Å². The minimum Gasteiger partial charge on any atom is -0.389 e. The third kappa shape index (κ3) is 2.04. The zero-order chi connectivity index (χ0) is 11.7. The Morgan fingerprint density at radius 2 is 2.06 bits per heavy atom. The number of aromatic nitrogens is 1. The summed E-state index contributed by atoms with van der Waals surface area (Å²) in [6.07, 6.45) is -0.315. The number of rotatable bonds is 3. The number of benzene rings is 1. The van der Waals surface area contributed by atoms with E-state index >= 15 is 0 Å². The molecule has 0 amide bonds. The summed E-state index contributed by atoms with van der Waals surface area (Å²) in [4.78, 5) is 2.99. The van der Waals surface area contributed by atoms with E-state index in [9.17, 15) is 10.2 Å². The predicted molar refractivity (Wildman–Crippen MR) is 65.0 cm³/mol. The molecule has 0 aliphatic heterocycles. The van der Waals surface area contributed by atoms with Gasteiger partial charge in [0.2, 0.25) is 0 Å². The molecule has 86 valence electrons. The van der Waals surface area contributed by atoms with Crippen LogP contribution in [0.15, 0.2) is 24.4 Å². The molecule has 2 atom stereocenters. The number of aliphatic hydroxyl groups is 2. The van der Waals surface area contributed by atoms with Gasteiger partial charge in [0.25, 0.3) is 0 Å². The highest BCUT2D eigenvalue weighted by Gasteiger charge is 2.20. The van der Waals surface area contributed by atoms with E-state index in [0.717, 1.165) is 10.9 Å². The Balaban J connectivity index is 2.45. The van der Waals surface area contributed by atoms with Crippen molar-refractivity contribution in [1.29, 1.82) is 0 Å². The van der Waals surface area contributed by atoms with Crippen molar-refractivity contribution in [2.75, 3.05) is 5.88 Å². The van der Waals surface area contributed by atoms with E-state index in [0.29, 0.717) is 10.6 Å². The van der Waals surface area contributed by atoms with Crippen molar-refractivity contribution >= 4 is 34.1 Å². The van der Waals surface area contributed by atoms with Crippen LogP contribution in [-0.4, -0.2) is 27.2 Å². The summed E-state index contributed by atoms with van der Waals surface area (Å²) >= 11 is 11.3. The number of aromatic amines is 1. The van der Waals surface area contributed by atoms with Crippen molar-refractivity contribution in [1.82, 2.24) is 4.98 Å². The first-order chi connectivity index (χ1) is 7.63. The first-order valence-corrected chi connectivity index (χ1v) is 5.73. The number of fused-ring (bicyclic) bond motifs is 1. The number of H-pyrrole nitrogens is 1. The zero-order valence-corrected chi connectivity index (χ0v) is 9.83. The van der Waals surface area contributed by atoms with Gasteiger partial charge in [-0.25, -0.2) is 0 Å². The molecule has 0 spiro atoms. The first-order valence-electron chi connectivity index (χ1n) is 4.82. The van der Waals surface area contributed by atoms with Gasteiger partial charge < -0.3 is 15.2 Å². The van der Waals surface area contributed by atoms with Gasteiger partial charge in [-0.15, -0.1) is 11.6 Å². The lowest BCUT2D eigenvalue weighted by molar-refractivity contribution is 0.0336. The number of aliphatic hydroxyl groups excluding tert-OH is 2. The Kier molecular flexibility index (Phi) is 3.40. The summed E-state index contributed by atoms with van der Waals surface area (Å²) in [5.74, 6) is -0.0125. The zero-order valence-electron chi connectivity index (χ0n) is 8.32. The summed E-state index contributed by atoms with van der Waals surface area (Å²) in [5, 5.41) is 20.8. The number of hydrogen-bond acceptors (Lipinski definition) is 2. The van der Waals surface area contributed by atoms with E-state index in [-0.39, 0.29) is 5.88 Å². The highest BCUT2D eigenvalue weighted by atomic mass is 35.5. The fourth-order valence-corrected chi connectivity index (χ4v) is 2.00. The monoisotopic (exact) mass is 259 g/mol. The summed E-state index contributed by atoms with van der Waals surface area (Å²) < 4.78 is 0. The highest BCUT2D eigenvalue weighted by molar-refractivity contribution is 6.31. The Morgan fingerprint density at radius 1 is 1.31 bits per heavy atom. The van der Waals surface area contributed by atoms with E-state index in [1.165, 1.54) is 0 Å². The average molecular weight is 260 g/mol. The van der Waals surface area contributed by atoms with Gasteiger partial charge >= 0.3 is 0 Å². The fraction of sp³-hybridized carbons (Fsp3) is 0.273. The average Bonchev–Trinajstić information content (AvgIpc) is 2.69. The van der Waals surface area contributed by atoms with Crippen LogP contribution in [0.4, 0.5) is 0 Å². The summed E-state index contributed by atoms with van der Waals surface area (Å²) in [7, 11) is 0. The first kappa shape index (κ1) is 11.7. The van der Waals surface area contributed by atoms with Gasteiger partial charge in [-0.3, -0.25) is 0 Å². The van der Waals surface area contributed by atoms with Crippen LogP contribution in [-0.2, 0) is 0 Å². The molecule has 2 unspecified atom stereocenters. The minimum atomic E-state index is -0.993. The Labute approximate surface area is 103 Å². The van der Waals surface area contributed by atoms with Crippen LogP contribution >= 0.6 is 23.2 Å². The van der Waals surface area contributed by atoms with Crippen molar-refractivity contribution in [3.05, 3.63) is 35.0 Å². The molecule has 1 aromatic carbocycles. The predicted octanol–water partition coefficient (Wildman–Crippen LogP) is 2.45. The molecule has 3 N–H and O–H groups in total. The van der Waals surface area contributed by atoms with Crippen molar-refractivity contribution in [3.8, 4) is 0 Å². The summed E-state index contributed by atoms with van der Waals surface area (Å²) in [5.41, 5.74) is 1.45. The van der Waals surface area contributed by atoms with E-state index in [1.807, 2.05) is 0 Å². The second-order valence-corrected chi connectivity index (χ2v) is 4.35. The van der Waals surface area contributed by atoms with E-state index < -0.39 is 12.2 Å². The molecule has 0 bridgehead atoms. The van der Waals surface area contributed by atoms with Crippen molar-refractivity contribution in [2.24, 2.45) is 0 Å². The van der Waals surface area contributed by atoms with E-state index in [4.69, 9.17) is 23.2 Å². The fourth-order valence-electron chi connectivity index (χ4n) is 1.66. The lowest BCUT2D eigenvalue weighted by atomic mass is 10.0. The van der Waals surface area contributed by atoms with E-state index in [2.05, 4.69) is 4.98 Å². The maximum absolute atomic E-state index is 9.86. The van der Waals surface area contributed by atoms with Crippen LogP contribution in [0.1, 0.15) is 11.7 Å². The van der Waals surface area contributed by atoms with Crippen LogP contribution in [0.3, 0.4) is 0 Å². The Hall–Kier alpha value is -0.740. The molecule has 0 aliphatic rings. The number of hydrogen-bond donors (Lipinski definition) is 3. The lowest BCUT2D eigenvalue weighted by Crippen LogP contribution is -2.19. The van der Waals surface area contributed by atoms with Gasteiger partial charge in [0, 0.05) is 27.7 Å². The molecular formula is C11H11Cl2NO2. The van der Waals surface area contributed by atoms with Gasteiger partial charge in [-0.1, -0.05) is 17.7 Å². The SMILES string of the molecule is OC(CCl)C(O)c1c[nH]c2cc(Cl)ccc12. The second kappa shape index (κ2) is 4.63. The molecular weight excluding hydrogens is 249 g/mol. The number of alkyl halides is 1. The smallest absolute Gasteiger partial charge is 0.108 e. The quantitative estimate of drug-likeness (QED) is 0.742. The highest BCUT2D eigenvalue weighted by Crippen LogP contribution is 2.28. The van der Waals surface area contributed by atoms with Crippen molar-refractivity contribution in [3.63, 3.8) is 0 Å². The molecule has 0 saturated carbocycles. The second-order valence-electron chi connectivity index (χ2n) is 3.60. The van der Waals surface area contributed by atoms with Gasteiger partial charge in [0.05, 0.1) is 12.0 Å². The maximum Gasteiger partial charge on any atom is 0.108 e. The molecule has 2 rings (SSSR count). The van der Waals surface area contributed by atoms with Gasteiger partial charge in [-0.05, 0) is 12.1 Å². The standard InChI is InChI=1S/C11H11Cl2NO2/c12-4-10(15)11(16)8-5-14-9-3-6(13)1-2-7(8)9/h1-3,5,10-11,14-16H,4H2. The molecule has 5 heteroatoms. The van der Waals surface area contributed by atoms with Crippen LogP contribution in [0.5, 0.6) is 0 Å². The minimum absolute atomic E-state index is 0.0125. The van der Waals surface area contributed by atoms with Crippen LogP contribution in [0, 0.1) is 0 Å². The molecule has 16 heavy (non-hydrogen) atoms. The van der Waals surface area contributed by atoms with Crippen LogP contribution in [0.25, 0.3) is 10.9 Å². The third-order valence-electron chi connectivity index (χ3n) is 2.52. The molecule has 0 aliphatic carbocycles. The number of nitrogens with one attached hydrogen (secondary N) is 1. The van der Waals surface area contributed by atoms with Gasteiger partial charge in [0.1, 0.15) is 6.10 Å². The molecule has 2 aromatic rings. The number of halogens is 2. The van der Waals surface area contributed by atoms with E-state index in [1.54, 1.807) is 24.4 Å². The normalized spacial score (nSPS) is 15.2. The molecule has 0 saturated heterocycles. The molecule has 3 nitrogen and oxygen atoms in total. The topological polar surface area (TPSA) is 56.2 Å². The Morgan fingerprint density at radius 3 is 2.75 bits per heavy atom. The lowest BCUT2D eigenvalue weighted by Gasteiger charge is -2.14.